The minimum absolute atomic E-state index is 0.103. The highest BCUT2D eigenvalue weighted by Crippen LogP contribution is 2.37. The molecule has 33 heavy (non-hydrogen) atoms. The highest BCUT2D eigenvalue weighted by Gasteiger charge is 2.25. The van der Waals surface area contributed by atoms with Crippen LogP contribution in [0.5, 0.6) is 5.75 Å². The third-order valence-corrected chi connectivity index (χ3v) is 6.99. The quantitative estimate of drug-likeness (QED) is 0.570. The maximum absolute atomic E-state index is 11.7. The van der Waals surface area contributed by atoms with Crippen LogP contribution in [0.1, 0.15) is 19.8 Å². The first-order valence-electron chi connectivity index (χ1n) is 10.7. The number of hydrogen-bond donors (Lipinski definition) is 2. The molecule has 4 rings (SSSR count). The van der Waals surface area contributed by atoms with Crippen molar-refractivity contribution >= 4 is 38.5 Å². The molecule has 0 aliphatic carbocycles. The number of hydrogen-bond acceptors (Lipinski definition) is 7. The topological polar surface area (TPSA) is 114 Å². The zero-order valence-electron chi connectivity index (χ0n) is 18.8. The molecule has 2 N–H and O–H groups in total. The zero-order valence-corrected chi connectivity index (χ0v) is 19.6. The van der Waals surface area contributed by atoms with Crippen molar-refractivity contribution in [1.82, 2.24) is 14.3 Å². The summed E-state index contributed by atoms with van der Waals surface area (Å²) >= 11 is 0. The van der Waals surface area contributed by atoms with Gasteiger partial charge in [0, 0.05) is 60.5 Å². The molecule has 0 unspecified atom stereocenters. The van der Waals surface area contributed by atoms with Crippen LogP contribution in [0.4, 0.5) is 11.6 Å². The lowest BCUT2D eigenvalue weighted by Gasteiger charge is -2.30. The fraction of sp³-hybridized carbons (Fsp3) is 0.348. The van der Waals surface area contributed by atoms with Crippen molar-refractivity contribution in [3.63, 3.8) is 0 Å². The van der Waals surface area contributed by atoms with Crippen LogP contribution < -0.4 is 15.4 Å². The molecule has 2 aromatic carbocycles. The number of fused-ring (bicyclic) bond motifs is 1. The van der Waals surface area contributed by atoms with Gasteiger partial charge in [0.1, 0.15) is 5.75 Å². The van der Waals surface area contributed by atoms with E-state index in [0.717, 1.165) is 22.0 Å². The normalized spacial score (nSPS) is 15.4. The Hall–Kier alpha value is -3.24. The Balaban J connectivity index is 1.60. The number of piperidine rings is 1. The van der Waals surface area contributed by atoms with Gasteiger partial charge in [0.25, 0.3) is 0 Å². The number of amides is 1. The average molecular weight is 470 g/mol. The minimum Gasteiger partial charge on any atom is -0.496 e. The molecule has 1 aliphatic heterocycles. The third kappa shape index (κ3) is 5.23. The van der Waals surface area contributed by atoms with E-state index in [2.05, 4.69) is 20.6 Å². The number of methoxy groups -OCH3 is 1. The molecule has 0 atom stereocenters. The zero-order chi connectivity index (χ0) is 23.6. The van der Waals surface area contributed by atoms with Gasteiger partial charge < -0.3 is 15.4 Å². The summed E-state index contributed by atoms with van der Waals surface area (Å²) in [6, 6.07) is 11.4. The predicted octanol–water partition coefficient (Wildman–Crippen LogP) is 3.10. The van der Waals surface area contributed by atoms with Gasteiger partial charge in [-0.25, -0.2) is 22.7 Å². The van der Waals surface area contributed by atoms with E-state index in [1.807, 2.05) is 36.4 Å². The van der Waals surface area contributed by atoms with Gasteiger partial charge in [0.2, 0.25) is 21.9 Å². The summed E-state index contributed by atoms with van der Waals surface area (Å²) in [6.45, 7) is 2.44. The van der Waals surface area contributed by atoms with Gasteiger partial charge in [0.05, 0.1) is 18.9 Å². The van der Waals surface area contributed by atoms with Crippen LogP contribution in [0.25, 0.3) is 22.0 Å². The number of ether oxygens (including phenoxy) is 1. The summed E-state index contributed by atoms with van der Waals surface area (Å²) in [4.78, 5) is 20.7. The molecular formula is C23H27N5O4S. The monoisotopic (exact) mass is 469 g/mol. The second-order valence-corrected chi connectivity index (χ2v) is 10.1. The Morgan fingerprint density at radius 1 is 1.15 bits per heavy atom. The van der Waals surface area contributed by atoms with Crippen molar-refractivity contribution in [2.24, 2.45) is 0 Å². The van der Waals surface area contributed by atoms with Gasteiger partial charge in [-0.3, -0.25) is 4.79 Å². The van der Waals surface area contributed by atoms with Crippen LogP contribution in [0.15, 0.2) is 42.6 Å². The van der Waals surface area contributed by atoms with Crippen LogP contribution in [-0.4, -0.2) is 61.1 Å². The summed E-state index contributed by atoms with van der Waals surface area (Å²) in [7, 11) is -1.56. The van der Waals surface area contributed by atoms with E-state index in [1.165, 1.54) is 17.5 Å². The Labute approximate surface area is 193 Å². The van der Waals surface area contributed by atoms with Crippen molar-refractivity contribution in [2.45, 2.75) is 25.8 Å². The summed E-state index contributed by atoms with van der Waals surface area (Å²) in [5.41, 5.74) is 3.08. The lowest BCUT2D eigenvalue weighted by Crippen LogP contribution is -2.42. The second-order valence-electron chi connectivity index (χ2n) is 8.11. The van der Waals surface area contributed by atoms with E-state index >= 15 is 0 Å². The van der Waals surface area contributed by atoms with Gasteiger partial charge in [-0.1, -0.05) is 18.2 Å². The molecule has 0 saturated carbocycles. The van der Waals surface area contributed by atoms with Gasteiger partial charge in [-0.15, -0.1) is 0 Å². The first kappa shape index (κ1) is 22.9. The Kier molecular flexibility index (Phi) is 6.48. The third-order valence-electron chi connectivity index (χ3n) is 5.69. The fourth-order valence-electron chi connectivity index (χ4n) is 4.04. The largest absolute Gasteiger partial charge is 0.496 e. The van der Waals surface area contributed by atoms with E-state index in [1.54, 1.807) is 13.3 Å². The molecule has 1 aromatic heterocycles. The van der Waals surface area contributed by atoms with E-state index in [-0.39, 0.29) is 11.9 Å². The van der Waals surface area contributed by atoms with Gasteiger partial charge >= 0.3 is 0 Å². The van der Waals surface area contributed by atoms with Crippen molar-refractivity contribution in [3.05, 3.63) is 42.6 Å². The Morgan fingerprint density at radius 2 is 1.88 bits per heavy atom. The minimum atomic E-state index is -3.16. The maximum atomic E-state index is 11.7. The number of carbonyl (C=O) groups is 1. The molecule has 3 aromatic rings. The lowest BCUT2D eigenvalue weighted by molar-refractivity contribution is -0.114. The number of nitrogens with one attached hydrogen (secondary N) is 2. The standard InChI is InChI=1S/C23H27N5O4S/c1-15(29)25-20-7-5-4-6-18(20)19-12-16-14-24-23(27-21(16)13-22(19)32-2)26-17-8-10-28(11-9-17)33(3,30)31/h4-7,12-14,17H,8-11H2,1-3H3,(H,25,29)(H,24,26,27). The van der Waals surface area contributed by atoms with Crippen molar-refractivity contribution in [2.75, 3.05) is 37.1 Å². The summed E-state index contributed by atoms with van der Waals surface area (Å²) in [5.74, 6) is 0.976. The number of carbonyl (C=O) groups excluding carboxylic acids is 1. The van der Waals surface area contributed by atoms with Crippen LogP contribution in [0.2, 0.25) is 0 Å². The SMILES string of the molecule is COc1cc2nc(NC3CCN(S(C)(=O)=O)CC3)ncc2cc1-c1ccccc1NC(C)=O. The molecule has 10 heteroatoms. The van der Waals surface area contributed by atoms with Crippen molar-refractivity contribution < 1.29 is 17.9 Å². The molecule has 174 valence electrons. The number of sulfonamides is 1. The van der Waals surface area contributed by atoms with Crippen LogP contribution in [-0.2, 0) is 14.8 Å². The molecule has 0 spiro atoms. The predicted molar refractivity (Wildman–Crippen MR) is 129 cm³/mol. The van der Waals surface area contributed by atoms with Crippen LogP contribution in [0.3, 0.4) is 0 Å². The number of para-hydroxylation sites is 1. The lowest BCUT2D eigenvalue weighted by atomic mass is 10.0. The van der Waals surface area contributed by atoms with Gasteiger partial charge in [0.15, 0.2) is 0 Å². The second kappa shape index (κ2) is 9.32. The van der Waals surface area contributed by atoms with Crippen LogP contribution >= 0.6 is 0 Å². The molecule has 0 bridgehead atoms. The van der Waals surface area contributed by atoms with Crippen molar-refractivity contribution in [3.8, 4) is 16.9 Å². The number of aromatic nitrogens is 2. The van der Waals surface area contributed by atoms with Gasteiger partial charge in [-0.05, 0) is 25.0 Å². The molecule has 2 heterocycles. The number of anilines is 2. The molecule has 1 saturated heterocycles. The average Bonchev–Trinajstić information content (AvgIpc) is 2.78. The smallest absolute Gasteiger partial charge is 0.223 e. The van der Waals surface area contributed by atoms with E-state index in [4.69, 9.17) is 4.74 Å². The van der Waals surface area contributed by atoms with E-state index < -0.39 is 10.0 Å². The van der Waals surface area contributed by atoms with E-state index in [9.17, 15) is 13.2 Å². The number of nitrogens with zero attached hydrogens (tertiary/aromatic N) is 3. The van der Waals surface area contributed by atoms with Crippen molar-refractivity contribution in [1.29, 1.82) is 0 Å². The molecule has 1 fully saturated rings. The molecular weight excluding hydrogens is 442 g/mol. The highest BCUT2D eigenvalue weighted by molar-refractivity contribution is 7.88. The molecule has 1 amide bonds. The molecule has 1 aliphatic rings. The maximum Gasteiger partial charge on any atom is 0.223 e. The van der Waals surface area contributed by atoms with Gasteiger partial charge in [-0.2, -0.15) is 0 Å². The number of benzene rings is 2. The Bertz CT molecular complexity index is 1290. The molecule has 0 radical (unpaired) electrons. The summed E-state index contributed by atoms with van der Waals surface area (Å²) in [5, 5.41) is 7.02. The molecule has 9 nitrogen and oxygen atoms in total. The summed E-state index contributed by atoms with van der Waals surface area (Å²) < 4.78 is 30.6. The highest BCUT2D eigenvalue weighted by atomic mass is 32.2. The first-order chi connectivity index (χ1) is 15.7. The first-order valence-corrected chi connectivity index (χ1v) is 12.5. The summed E-state index contributed by atoms with van der Waals surface area (Å²) in [6.07, 6.45) is 4.37. The number of rotatable bonds is 6. The van der Waals surface area contributed by atoms with Crippen LogP contribution in [0, 0.1) is 0 Å². The van der Waals surface area contributed by atoms with E-state index in [0.29, 0.717) is 43.3 Å². The fourth-order valence-corrected chi connectivity index (χ4v) is 4.91. The Morgan fingerprint density at radius 3 is 2.55 bits per heavy atom.